The Balaban J connectivity index is 3.52. The van der Waals surface area contributed by atoms with E-state index in [4.69, 9.17) is 0 Å². The number of carbonyl (C=O) groups is 3. The topological polar surface area (TPSA) is 63.2 Å². The standard InChI is InChI=1S/C13H23NO3/c1-4-11(15)9-14-13(17)8-6-5-7-12(16)10(2)3/h10H,4-9H2,1-3H3,(H,14,17). The van der Waals surface area contributed by atoms with E-state index in [1.54, 1.807) is 6.92 Å². The molecular weight excluding hydrogens is 218 g/mol. The Kier molecular flexibility index (Phi) is 8.28. The van der Waals surface area contributed by atoms with Gasteiger partial charge in [0.1, 0.15) is 5.78 Å². The van der Waals surface area contributed by atoms with Gasteiger partial charge in [-0.2, -0.15) is 0 Å². The monoisotopic (exact) mass is 241 g/mol. The van der Waals surface area contributed by atoms with Gasteiger partial charge in [0.15, 0.2) is 5.78 Å². The number of amides is 1. The van der Waals surface area contributed by atoms with Crippen molar-refractivity contribution in [1.82, 2.24) is 5.32 Å². The second-order valence-electron chi connectivity index (χ2n) is 4.50. The molecule has 1 amide bonds. The zero-order valence-corrected chi connectivity index (χ0v) is 11.0. The Morgan fingerprint density at radius 2 is 1.65 bits per heavy atom. The lowest BCUT2D eigenvalue weighted by atomic mass is 10.0. The summed E-state index contributed by atoms with van der Waals surface area (Å²) in [6.07, 6.45) is 2.82. The van der Waals surface area contributed by atoms with E-state index in [0.29, 0.717) is 25.7 Å². The fraction of sp³-hybridized carbons (Fsp3) is 0.769. The largest absolute Gasteiger partial charge is 0.349 e. The summed E-state index contributed by atoms with van der Waals surface area (Å²) in [5.41, 5.74) is 0. The summed E-state index contributed by atoms with van der Waals surface area (Å²) in [4.78, 5) is 33.5. The minimum atomic E-state index is -0.108. The van der Waals surface area contributed by atoms with Crippen molar-refractivity contribution >= 4 is 17.5 Å². The van der Waals surface area contributed by atoms with Crippen LogP contribution in [0.25, 0.3) is 0 Å². The van der Waals surface area contributed by atoms with Gasteiger partial charge in [0, 0.05) is 25.2 Å². The average molecular weight is 241 g/mol. The van der Waals surface area contributed by atoms with Crippen LogP contribution in [0.1, 0.15) is 52.9 Å². The second kappa shape index (κ2) is 8.90. The highest BCUT2D eigenvalue weighted by Crippen LogP contribution is 2.05. The molecule has 98 valence electrons. The highest BCUT2D eigenvalue weighted by atomic mass is 16.2. The number of carbonyl (C=O) groups excluding carboxylic acids is 3. The summed E-state index contributed by atoms with van der Waals surface area (Å²) < 4.78 is 0. The van der Waals surface area contributed by atoms with Gasteiger partial charge in [0.2, 0.25) is 5.91 Å². The van der Waals surface area contributed by atoms with E-state index < -0.39 is 0 Å². The zero-order chi connectivity index (χ0) is 13.3. The van der Waals surface area contributed by atoms with Crippen LogP contribution in [-0.4, -0.2) is 24.0 Å². The number of nitrogens with one attached hydrogen (secondary N) is 1. The molecule has 0 rings (SSSR count). The van der Waals surface area contributed by atoms with E-state index in [0.717, 1.165) is 6.42 Å². The fourth-order valence-corrected chi connectivity index (χ4v) is 1.28. The molecule has 0 aliphatic carbocycles. The molecule has 0 aromatic heterocycles. The minimum absolute atomic E-state index is 0.0355. The Morgan fingerprint density at radius 1 is 1.06 bits per heavy atom. The number of hydrogen-bond acceptors (Lipinski definition) is 3. The molecule has 0 saturated heterocycles. The van der Waals surface area contributed by atoms with Gasteiger partial charge in [-0.05, 0) is 12.8 Å². The van der Waals surface area contributed by atoms with Gasteiger partial charge in [0.05, 0.1) is 6.54 Å². The van der Waals surface area contributed by atoms with Crippen LogP contribution < -0.4 is 5.32 Å². The molecule has 0 heterocycles. The average Bonchev–Trinajstić information content (AvgIpc) is 2.30. The van der Waals surface area contributed by atoms with Crippen LogP contribution in [-0.2, 0) is 14.4 Å². The van der Waals surface area contributed by atoms with Crippen LogP contribution in [0.15, 0.2) is 0 Å². The summed E-state index contributed by atoms with van der Waals surface area (Å²) in [5.74, 6) is 0.245. The fourth-order valence-electron chi connectivity index (χ4n) is 1.28. The first-order valence-electron chi connectivity index (χ1n) is 6.28. The number of unbranched alkanes of at least 4 members (excludes halogenated alkanes) is 1. The van der Waals surface area contributed by atoms with Crippen molar-refractivity contribution in [2.45, 2.75) is 52.9 Å². The molecule has 0 saturated carbocycles. The number of hydrogen-bond donors (Lipinski definition) is 1. The van der Waals surface area contributed by atoms with Crippen molar-refractivity contribution in [3.63, 3.8) is 0 Å². The Hall–Kier alpha value is -1.19. The normalized spacial score (nSPS) is 10.4. The quantitative estimate of drug-likeness (QED) is 0.627. The lowest BCUT2D eigenvalue weighted by Crippen LogP contribution is -2.28. The second-order valence-corrected chi connectivity index (χ2v) is 4.50. The maximum atomic E-state index is 11.3. The van der Waals surface area contributed by atoms with Crippen molar-refractivity contribution in [3.8, 4) is 0 Å². The van der Waals surface area contributed by atoms with Crippen LogP contribution in [0, 0.1) is 5.92 Å². The van der Waals surface area contributed by atoms with Crippen molar-refractivity contribution in [2.24, 2.45) is 5.92 Å². The van der Waals surface area contributed by atoms with Crippen LogP contribution in [0.5, 0.6) is 0 Å². The van der Waals surface area contributed by atoms with Crippen molar-refractivity contribution in [1.29, 1.82) is 0 Å². The predicted molar refractivity (Wildman–Crippen MR) is 66.6 cm³/mol. The van der Waals surface area contributed by atoms with Crippen molar-refractivity contribution in [2.75, 3.05) is 6.54 Å². The van der Waals surface area contributed by atoms with Gasteiger partial charge >= 0.3 is 0 Å². The molecule has 0 aromatic rings. The van der Waals surface area contributed by atoms with E-state index in [1.165, 1.54) is 0 Å². The van der Waals surface area contributed by atoms with Crippen LogP contribution in [0.4, 0.5) is 0 Å². The highest BCUT2D eigenvalue weighted by molar-refractivity contribution is 5.85. The smallest absolute Gasteiger partial charge is 0.220 e. The molecule has 0 aromatic carbocycles. The van der Waals surface area contributed by atoms with E-state index in [2.05, 4.69) is 5.32 Å². The predicted octanol–water partition coefficient (Wildman–Crippen LogP) is 1.87. The molecule has 0 fully saturated rings. The number of rotatable bonds is 9. The van der Waals surface area contributed by atoms with Gasteiger partial charge < -0.3 is 5.32 Å². The molecule has 1 N–H and O–H groups in total. The maximum absolute atomic E-state index is 11.3. The zero-order valence-electron chi connectivity index (χ0n) is 11.0. The maximum Gasteiger partial charge on any atom is 0.220 e. The van der Waals surface area contributed by atoms with Gasteiger partial charge in [-0.1, -0.05) is 20.8 Å². The van der Waals surface area contributed by atoms with Crippen molar-refractivity contribution < 1.29 is 14.4 Å². The molecule has 0 unspecified atom stereocenters. The van der Waals surface area contributed by atoms with E-state index >= 15 is 0 Å². The van der Waals surface area contributed by atoms with Crippen LogP contribution >= 0.6 is 0 Å². The van der Waals surface area contributed by atoms with Crippen LogP contribution in [0.2, 0.25) is 0 Å². The summed E-state index contributed by atoms with van der Waals surface area (Å²) in [6, 6.07) is 0. The number of Topliss-reactive ketones (excluding diaryl/α,β-unsaturated/α-hetero) is 2. The molecule has 0 bridgehead atoms. The van der Waals surface area contributed by atoms with Gasteiger partial charge in [-0.15, -0.1) is 0 Å². The first kappa shape index (κ1) is 15.8. The number of ketones is 2. The Bertz CT molecular complexity index is 272. The van der Waals surface area contributed by atoms with E-state index in [1.807, 2.05) is 13.8 Å². The summed E-state index contributed by atoms with van der Waals surface area (Å²) in [7, 11) is 0. The summed E-state index contributed by atoms with van der Waals surface area (Å²) >= 11 is 0. The molecule has 17 heavy (non-hydrogen) atoms. The SMILES string of the molecule is CCC(=O)CNC(=O)CCCCC(=O)C(C)C. The molecule has 0 radical (unpaired) electrons. The third kappa shape index (κ3) is 8.60. The first-order valence-corrected chi connectivity index (χ1v) is 6.28. The lowest BCUT2D eigenvalue weighted by molar-refractivity contribution is -0.125. The van der Waals surface area contributed by atoms with Gasteiger partial charge in [-0.25, -0.2) is 0 Å². The summed E-state index contributed by atoms with van der Waals surface area (Å²) in [6.45, 7) is 5.66. The Morgan fingerprint density at radius 3 is 2.18 bits per heavy atom. The third-order valence-corrected chi connectivity index (χ3v) is 2.60. The molecule has 4 heteroatoms. The van der Waals surface area contributed by atoms with Crippen molar-refractivity contribution in [3.05, 3.63) is 0 Å². The molecule has 0 spiro atoms. The van der Waals surface area contributed by atoms with Crippen LogP contribution in [0.3, 0.4) is 0 Å². The summed E-state index contributed by atoms with van der Waals surface area (Å²) in [5, 5.41) is 2.57. The lowest BCUT2D eigenvalue weighted by Gasteiger charge is -2.05. The molecular formula is C13H23NO3. The van der Waals surface area contributed by atoms with Gasteiger partial charge in [0.25, 0.3) is 0 Å². The molecule has 4 nitrogen and oxygen atoms in total. The Labute approximate surface area is 103 Å². The molecule has 0 atom stereocenters. The molecule has 0 aliphatic rings. The van der Waals surface area contributed by atoms with Gasteiger partial charge in [-0.3, -0.25) is 14.4 Å². The first-order chi connectivity index (χ1) is 7.97. The van der Waals surface area contributed by atoms with E-state index in [-0.39, 0.29) is 29.9 Å². The highest BCUT2D eigenvalue weighted by Gasteiger charge is 2.08. The minimum Gasteiger partial charge on any atom is -0.349 e. The third-order valence-electron chi connectivity index (χ3n) is 2.60. The van der Waals surface area contributed by atoms with E-state index in [9.17, 15) is 14.4 Å². The molecule has 0 aliphatic heterocycles.